The van der Waals surface area contributed by atoms with Crippen LogP contribution in [0.4, 0.5) is 13.2 Å². The molecule has 172 valence electrons. The van der Waals surface area contributed by atoms with E-state index < -0.39 is 11.6 Å². The first-order chi connectivity index (χ1) is 16.0. The zero-order valence-corrected chi connectivity index (χ0v) is 18.5. The first-order valence-electron chi connectivity index (χ1n) is 11.2. The van der Waals surface area contributed by atoms with Gasteiger partial charge in [-0.3, -0.25) is 0 Å². The van der Waals surface area contributed by atoms with Gasteiger partial charge in [-0.2, -0.15) is 0 Å². The van der Waals surface area contributed by atoms with Gasteiger partial charge in [0.05, 0.1) is 13.7 Å². The molecule has 0 aromatic heterocycles. The lowest BCUT2D eigenvalue weighted by atomic mass is 9.78. The smallest absolute Gasteiger partial charge is 0.167 e. The highest BCUT2D eigenvalue weighted by Gasteiger charge is 2.22. The summed E-state index contributed by atoms with van der Waals surface area (Å²) in [6.45, 7) is -0.0975. The molecule has 0 atom stereocenters. The van der Waals surface area contributed by atoms with E-state index in [1.54, 1.807) is 54.6 Å². The predicted molar refractivity (Wildman–Crippen MR) is 124 cm³/mol. The van der Waals surface area contributed by atoms with Gasteiger partial charge in [0.15, 0.2) is 23.2 Å². The van der Waals surface area contributed by atoms with E-state index in [-0.39, 0.29) is 35.2 Å². The molecule has 1 fully saturated rings. The van der Waals surface area contributed by atoms with Gasteiger partial charge in [0.1, 0.15) is 0 Å². The molecule has 4 rings (SSSR count). The van der Waals surface area contributed by atoms with Gasteiger partial charge in [0.2, 0.25) is 0 Å². The maximum atomic E-state index is 14.7. The first kappa shape index (κ1) is 23.1. The molecule has 1 saturated carbocycles. The van der Waals surface area contributed by atoms with Crippen LogP contribution in [0.2, 0.25) is 0 Å². The summed E-state index contributed by atoms with van der Waals surface area (Å²) in [7, 11) is 1.45. The molecule has 0 unspecified atom stereocenters. The quantitative estimate of drug-likeness (QED) is 0.427. The number of methoxy groups -OCH3 is 1. The average molecular weight is 453 g/mol. The topological polar surface area (TPSA) is 29.5 Å². The largest absolute Gasteiger partial charge is 0.494 e. The molecule has 1 aliphatic rings. The Morgan fingerprint density at radius 1 is 0.909 bits per heavy atom. The zero-order chi connectivity index (χ0) is 23.4. The van der Waals surface area contributed by atoms with Crippen molar-refractivity contribution in [2.75, 3.05) is 7.11 Å². The van der Waals surface area contributed by atoms with E-state index in [1.165, 1.54) is 7.11 Å². The summed E-state index contributed by atoms with van der Waals surface area (Å²) in [5, 5.41) is 9.14. The van der Waals surface area contributed by atoms with Gasteiger partial charge >= 0.3 is 0 Å². The number of halogens is 3. The summed E-state index contributed by atoms with van der Waals surface area (Å²) in [4.78, 5) is 0. The Labute approximate surface area is 192 Å². The number of hydrogen-bond acceptors (Lipinski definition) is 2. The van der Waals surface area contributed by atoms with Crippen LogP contribution in [0, 0.1) is 23.4 Å². The van der Waals surface area contributed by atoms with Crippen molar-refractivity contribution in [1.29, 1.82) is 0 Å². The van der Waals surface area contributed by atoms with Gasteiger partial charge in [-0.05, 0) is 66.3 Å². The fraction of sp³-hybridized carbons (Fsp3) is 0.286. The normalized spacial score (nSPS) is 18.6. The van der Waals surface area contributed by atoms with E-state index in [0.29, 0.717) is 17.0 Å². The highest BCUT2D eigenvalue weighted by atomic mass is 19.2. The van der Waals surface area contributed by atoms with Crippen molar-refractivity contribution in [1.82, 2.24) is 0 Å². The third kappa shape index (κ3) is 5.14. The molecule has 1 aliphatic carbocycles. The molecule has 3 aromatic carbocycles. The van der Waals surface area contributed by atoms with E-state index in [4.69, 9.17) is 9.84 Å². The number of allylic oxidation sites excluding steroid dienone is 1. The van der Waals surface area contributed by atoms with Gasteiger partial charge in [-0.25, -0.2) is 13.2 Å². The van der Waals surface area contributed by atoms with Crippen molar-refractivity contribution in [2.45, 2.75) is 38.2 Å². The number of rotatable bonds is 6. The maximum absolute atomic E-state index is 14.7. The van der Waals surface area contributed by atoms with Crippen molar-refractivity contribution in [3.63, 3.8) is 0 Å². The Hall–Kier alpha value is -3.05. The van der Waals surface area contributed by atoms with Crippen molar-refractivity contribution < 1.29 is 23.0 Å². The Morgan fingerprint density at radius 2 is 1.64 bits per heavy atom. The van der Waals surface area contributed by atoms with Gasteiger partial charge in [-0.1, -0.05) is 54.6 Å². The highest BCUT2D eigenvalue weighted by Crippen LogP contribution is 2.38. The molecular formula is C28H27F3O2. The van der Waals surface area contributed by atoms with Crippen LogP contribution in [0.15, 0.2) is 60.7 Å². The van der Waals surface area contributed by atoms with Crippen molar-refractivity contribution in [3.8, 4) is 16.9 Å². The second-order valence-corrected chi connectivity index (χ2v) is 8.55. The fourth-order valence-electron chi connectivity index (χ4n) is 4.53. The highest BCUT2D eigenvalue weighted by molar-refractivity contribution is 5.67. The fourth-order valence-corrected chi connectivity index (χ4v) is 4.53. The lowest BCUT2D eigenvalue weighted by Crippen LogP contribution is -2.12. The molecule has 3 aromatic rings. The van der Waals surface area contributed by atoms with Gasteiger partial charge in [0.25, 0.3) is 0 Å². The van der Waals surface area contributed by atoms with Crippen LogP contribution in [0.5, 0.6) is 5.75 Å². The van der Waals surface area contributed by atoms with Crippen LogP contribution < -0.4 is 4.74 Å². The third-order valence-corrected chi connectivity index (χ3v) is 6.53. The lowest BCUT2D eigenvalue weighted by molar-refractivity contribution is 0.282. The molecule has 1 N–H and O–H groups in total. The monoisotopic (exact) mass is 452 g/mol. The first-order valence-corrected chi connectivity index (χ1v) is 11.2. The second kappa shape index (κ2) is 10.3. The van der Waals surface area contributed by atoms with Crippen LogP contribution >= 0.6 is 0 Å². The van der Waals surface area contributed by atoms with Gasteiger partial charge in [0, 0.05) is 11.1 Å². The van der Waals surface area contributed by atoms with Crippen LogP contribution in [0.25, 0.3) is 17.2 Å². The van der Waals surface area contributed by atoms with E-state index in [2.05, 4.69) is 0 Å². The third-order valence-electron chi connectivity index (χ3n) is 6.53. The number of aliphatic hydroxyl groups is 1. The summed E-state index contributed by atoms with van der Waals surface area (Å²) >= 11 is 0. The minimum Gasteiger partial charge on any atom is -0.494 e. The minimum atomic E-state index is -0.876. The second-order valence-electron chi connectivity index (χ2n) is 8.55. The summed E-state index contributed by atoms with van der Waals surface area (Å²) in [5.41, 5.74) is 2.67. The number of benzene rings is 3. The minimum absolute atomic E-state index is 0.0975. The molecule has 33 heavy (non-hydrogen) atoms. The van der Waals surface area contributed by atoms with Crippen LogP contribution in [-0.4, -0.2) is 12.2 Å². The maximum Gasteiger partial charge on any atom is 0.167 e. The molecular weight excluding hydrogens is 425 g/mol. The zero-order valence-electron chi connectivity index (χ0n) is 18.5. The van der Waals surface area contributed by atoms with Gasteiger partial charge < -0.3 is 9.84 Å². The Kier molecular flexibility index (Phi) is 7.19. The van der Waals surface area contributed by atoms with Crippen molar-refractivity contribution in [3.05, 3.63) is 94.8 Å². The predicted octanol–water partition coefficient (Wildman–Crippen LogP) is 7.26. The standard InChI is InChI=1S/C28H27F3O2/c1-33-26-15-13-23(16-25(26)29)20-7-2-18(3-8-20)4-11-22-12-14-24(28(31)27(22)30)21-9-5-19(17-32)6-10-21/h4-6,9-16,18,20,32H,2-3,7-8,17H2,1H3. The van der Waals surface area contributed by atoms with E-state index in [9.17, 15) is 13.2 Å². The van der Waals surface area contributed by atoms with Crippen LogP contribution in [0.3, 0.4) is 0 Å². The number of ether oxygens (including phenoxy) is 1. The van der Waals surface area contributed by atoms with E-state index in [1.807, 2.05) is 12.1 Å². The molecule has 0 radical (unpaired) electrons. The van der Waals surface area contributed by atoms with Gasteiger partial charge in [-0.15, -0.1) is 0 Å². The average Bonchev–Trinajstić information content (AvgIpc) is 2.85. The summed E-state index contributed by atoms with van der Waals surface area (Å²) in [6.07, 6.45) is 7.27. The number of hydrogen-bond donors (Lipinski definition) is 1. The van der Waals surface area contributed by atoms with E-state index >= 15 is 0 Å². The molecule has 0 aliphatic heterocycles. The molecule has 0 heterocycles. The molecule has 2 nitrogen and oxygen atoms in total. The SMILES string of the molecule is COc1ccc(C2CCC(C=Cc3ccc(-c4ccc(CO)cc4)c(F)c3F)CC2)cc1F. The molecule has 0 bridgehead atoms. The van der Waals surface area contributed by atoms with E-state index in [0.717, 1.165) is 31.2 Å². The Morgan fingerprint density at radius 3 is 2.27 bits per heavy atom. The van der Waals surface area contributed by atoms with Crippen molar-refractivity contribution in [2.24, 2.45) is 5.92 Å². The van der Waals surface area contributed by atoms with Crippen LogP contribution in [0.1, 0.15) is 48.3 Å². The lowest BCUT2D eigenvalue weighted by Gasteiger charge is -2.27. The molecule has 0 saturated heterocycles. The van der Waals surface area contributed by atoms with Crippen LogP contribution in [-0.2, 0) is 6.61 Å². The Bertz CT molecular complexity index is 1130. The van der Waals surface area contributed by atoms with Crippen molar-refractivity contribution >= 4 is 6.08 Å². The summed E-state index contributed by atoms with van der Waals surface area (Å²) in [5.74, 6) is -1.27. The molecule has 0 spiro atoms. The molecule has 5 heteroatoms. The summed E-state index contributed by atoms with van der Waals surface area (Å²) < 4.78 is 48.4. The molecule has 0 amide bonds. The Balaban J connectivity index is 1.41. The summed E-state index contributed by atoms with van der Waals surface area (Å²) in [6, 6.07) is 15.0. The number of aliphatic hydroxyl groups excluding tert-OH is 1.